The van der Waals surface area contributed by atoms with Gasteiger partial charge in [0.25, 0.3) is 0 Å². The fraction of sp³-hybridized carbons (Fsp3) is 0.200. The average molecular weight is 799 g/mol. The lowest BCUT2D eigenvalue weighted by Gasteiger charge is -2.20. The molecule has 2 unspecified atom stereocenters. The number of nitrogens with zero attached hydrogens (tertiary/aromatic N) is 4. The van der Waals surface area contributed by atoms with Gasteiger partial charge in [-0.1, -0.05) is 87.4 Å². The summed E-state index contributed by atoms with van der Waals surface area (Å²) >= 11 is 0. The molecule has 4 aromatic heterocycles. The first-order valence-electron chi connectivity index (χ1n) is 20.4. The third-order valence-corrected chi connectivity index (χ3v) is 10.6. The van der Waals surface area contributed by atoms with Gasteiger partial charge in [-0.15, -0.1) is 0 Å². The van der Waals surface area contributed by atoms with Gasteiger partial charge in [0.2, 0.25) is 0 Å². The van der Waals surface area contributed by atoms with E-state index in [0.29, 0.717) is 35.5 Å². The van der Waals surface area contributed by atoms with Crippen molar-refractivity contribution in [3.8, 4) is 23.0 Å². The van der Waals surface area contributed by atoms with E-state index >= 15 is 0 Å². The molecule has 0 saturated carbocycles. The number of ether oxygens (including phenoxy) is 4. The Morgan fingerprint density at radius 1 is 0.533 bits per heavy atom. The number of benzene rings is 4. The normalized spacial score (nSPS) is 12.2. The van der Waals surface area contributed by atoms with Gasteiger partial charge in [-0.2, -0.15) is 0 Å². The van der Waals surface area contributed by atoms with E-state index in [9.17, 15) is 9.59 Å². The van der Waals surface area contributed by atoms with Crippen molar-refractivity contribution in [1.29, 1.82) is 0 Å². The molecule has 0 radical (unpaired) electrons. The van der Waals surface area contributed by atoms with Crippen molar-refractivity contribution in [3.05, 3.63) is 181 Å². The van der Waals surface area contributed by atoms with Gasteiger partial charge >= 0.3 is 11.9 Å². The molecule has 0 aliphatic rings. The van der Waals surface area contributed by atoms with Crippen LogP contribution in [-0.2, 0) is 22.8 Å². The molecule has 0 amide bonds. The zero-order valence-corrected chi connectivity index (χ0v) is 33.6. The molecule has 2 atom stereocenters. The second kappa shape index (κ2) is 18.6. The predicted molar refractivity (Wildman–Crippen MR) is 231 cm³/mol. The number of aromatic nitrogens is 4. The zero-order valence-electron chi connectivity index (χ0n) is 33.6. The number of esters is 2. The molecule has 302 valence electrons. The standard InChI is InChI=1S/C50H46N4O6/c1-3-11-43(37-21-25-51-26-22-37)53-31-47(41-29-39(17-19-45(41)53)57-33-35-13-7-5-8-14-35)59-49(55)50(56)60-48-32-54(44(12-4-2)38-23-27-52-28-24-38)46-20-18-40(30-42(46)48)58-34-36-15-9-6-10-16-36/h5-10,13-32,43-44H,3-4,11-12,33-34H2,1-2H3. The number of hydrogen-bond donors (Lipinski definition) is 0. The summed E-state index contributed by atoms with van der Waals surface area (Å²) in [5, 5.41) is 1.24. The minimum atomic E-state index is -1.16. The summed E-state index contributed by atoms with van der Waals surface area (Å²) in [6, 6.07) is 39.0. The molecule has 8 aromatic rings. The SMILES string of the molecule is CCCC(c1ccncc1)n1cc(OC(=O)C(=O)Oc2cn(C(CCC)c3ccncc3)c3ccc(OCc4ccccc4)cc23)c2cc(OCc3ccccc3)ccc21. The van der Waals surface area contributed by atoms with Crippen LogP contribution in [0.2, 0.25) is 0 Å². The Labute approximate surface area is 349 Å². The van der Waals surface area contributed by atoms with E-state index < -0.39 is 11.9 Å². The molecule has 60 heavy (non-hydrogen) atoms. The highest BCUT2D eigenvalue weighted by atomic mass is 16.6. The van der Waals surface area contributed by atoms with Crippen LogP contribution in [0.15, 0.2) is 159 Å². The highest BCUT2D eigenvalue weighted by molar-refractivity contribution is 6.31. The van der Waals surface area contributed by atoms with Crippen LogP contribution in [-0.4, -0.2) is 31.0 Å². The van der Waals surface area contributed by atoms with Crippen LogP contribution in [0.25, 0.3) is 21.8 Å². The van der Waals surface area contributed by atoms with Crippen LogP contribution in [0.3, 0.4) is 0 Å². The first-order chi connectivity index (χ1) is 29.5. The van der Waals surface area contributed by atoms with Crippen LogP contribution in [0.5, 0.6) is 23.0 Å². The van der Waals surface area contributed by atoms with E-state index in [-0.39, 0.29) is 23.6 Å². The first kappa shape index (κ1) is 39.6. The second-order valence-electron chi connectivity index (χ2n) is 14.7. The van der Waals surface area contributed by atoms with Gasteiger partial charge in [-0.05, 0) is 95.8 Å². The third kappa shape index (κ3) is 8.93. The van der Waals surface area contributed by atoms with E-state index in [0.717, 1.165) is 59.0 Å². The van der Waals surface area contributed by atoms with Crippen LogP contribution >= 0.6 is 0 Å². The summed E-state index contributed by atoms with van der Waals surface area (Å²) in [6.45, 7) is 4.97. The Kier molecular flexibility index (Phi) is 12.3. The van der Waals surface area contributed by atoms with E-state index in [1.165, 1.54) is 0 Å². The predicted octanol–water partition coefficient (Wildman–Crippen LogP) is 10.8. The van der Waals surface area contributed by atoms with Gasteiger partial charge in [0.1, 0.15) is 24.7 Å². The number of pyridine rings is 2. The van der Waals surface area contributed by atoms with Gasteiger partial charge in [-0.3, -0.25) is 9.97 Å². The monoisotopic (exact) mass is 798 g/mol. The Morgan fingerprint density at radius 2 is 0.933 bits per heavy atom. The molecule has 0 bridgehead atoms. The minimum Gasteiger partial charge on any atom is -0.489 e. The largest absolute Gasteiger partial charge is 0.489 e. The van der Waals surface area contributed by atoms with Gasteiger partial charge in [0, 0.05) is 48.0 Å². The number of rotatable bonds is 16. The minimum absolute atomic E-state index is 0.0862. The van der Waals surface area contributed by atoms with Gasteiger partial charge < -0.3 is 28.1 Å². The molecule has 10 heteroatoms. The van der Waals surface area contributed by atoms with Crippen LogP contribution in [0.4, 0.5) is 0 Å². The third-order valence-electron chi connectivity index (χ3n) is 10.6. The summed E-state index contributed by atoms with van der Waals surface area (Å²) in [7, 11) is 0. The fourth-order valence-electron chi connectivity index (χ4n) is 7.68. The fourth-order valence-corrected chi connectivity index (χ4v) is 7.68. The quantitative estimate of drug-likeness (QED) is 0.0702. The van der Waals surface area contributed by atoms with E-state index in [1.807, 2.05) is 121 Å². The lowest BCUT2D eigenvalue weighted by molar-refractivity contribution is -0.156. The molecular weight excluding hydrogens is 753 g/mol. The van der Waals surface area contributed by atoms with Crippen molar-refractivity contribution in [2.75, 3.05) is 0 Å². The Bertz CT molecular complexity index is 2490. The van der Waals surface area contributed by atoms with Crippen molar-refractivity contribution < 1.29 is 28.5 Å². The summed E-state index contributed by atoms with van der Waals surface area (Å²) in [5.41, 5.74) is 5.78. The molecule has 10 nitrogen and oxygen atoms in total. The van der Waals surface area contributed by atoms with Crippen molar-refractivity contribution >= 4 is 33.7 Å². The lowest BCUT2D eigenvalue weighted by atomic mass is 10.0. The second-order valence-corrected chi connectivity index (χ2v) is 14.7. The van der Waals surface area contributed by atoms with E-state index in [2.05, 4.69) is 32.9 Å². The molecule has 0 aliphatic carbocycles. The summed E-state index contributed by atoms with van der Waals surface area (Å²) in [4.78, 5) is 36.2. The Morgan fingerprint density at radius 3 is 1.32 bits per heavy atom. The van der Waals surface area contributed by atoms with Crippen LogP contribution in [0, 0.1) is 0 Å². The lowest BCUT2D eigenvalue weighted by Crippen LogP contribution is -2.25. The maximum atomic E-state index is 13.9. The molecule has 0 spiro atoms. The van der Waals surface area contributed by atoms with Crippen molar-refractivity contribution in [3.63, 3.8) is 0 Å². The van der Waals surface area contributed by atoms with Crippen LogP contribution in [0.1, 0.15) is 73.9 Å². The van der Waals surface area contributed by atoms with E-state index in [1.54, 1.807) is 37.2 Å². The zero-order chi connectivity index (χ0) is 41.3. The molecule has 4 heterocycles. The number of carbonyl (C=O) groups excluding carboxylic acids is 2. The highest BCUT2D eigenvalue weighted by Gasteiger charge is 2.27. The summed E-state index contributed by atoms with van der Waals surface area (Å²) in [5.74, 6) is -0.698. The first-order valence-corrected chi connectivity index (χ1v) is 20.4. The highest BCUT2D eigenvalue weighted by Crippen LogP contribution is 2.39. The summed E-state index contributed by atoms with van der Waals surface area (Å²) < 4.78 is 28.5. The molecular formula is C50H46N4O6. The average Bonchev–Trinajstić information content (AvgIpc) is 3.83. The number of fused-ring (bicyclic) bond motifs is 2. The Balaban J connectivity index is 1.12. The maximum absolute atomic E-state index is 13.9. The van der Waals surface area contributed by atoms with Crippen molar-refractivity contribution in [1.82, 2.24) is 19.1 Å². The van der Waals surface area contributed by atoms with Crippen LogP contribution < -0.4 is 18.9 Å². The van der Waals surface area contributed by atoms with Crippen molar-refractivity contribution in [2.24, 2.45) is 0 Å². The molecule has 0 fully saturated rings. The van der Waals surface area contributed by atoms with E-state index in [4.69, 9.17) is 18.9 Å². The number of hydrogen-bond acceptors (Lipinski definition) is 8. The smallest absolute Gasteiger partial charge is 0.423 e. The molecule has 0 saturated heterocycles. The maximum Gasteiger partial charge on any atom is 0.423 e. The van der Waals surface area contributed by atoms with Crippen molar-refractivity contribution in [2.45, 2.75) is 64.8 Å². The Hall–Kier alpha value is -7.20. The molecule has 4 aromatic carbocycles. The molecule has 0 aliphatic heterocycles. The van der Waals surface area contributed by atoms with Gasteiger partial charge in [0.05, 0.1) is 23.1 Å². The number of carbonyl (C=O) groups is 2. The summed E-state index contributed by atoms with van der Waals surface area (Å²) in [6.07, 6.45) is 14.1. The topological polar surface area (TPSA) is 107 Å². The molecule has 0 N–H and O–H groups in total. The van der Waals surface area contributed by atoms with Gasteiger partial charge in [0.15, 0.2) is 11.5 Å². The van der Waals surface area contributed by atoms with Gasteiger partial charge in [-0.25, -0.2) is 9.59 Å². The molecule has 8 rings (SSSR count).